The summed E-state index contributed by atoms with van der Waals surface area (Å²) in [7, 11) is 0. The average Bonchev–Trinajstić information content (AvgIpc) is 2.69. The molecule has 3 nitrogen and oxygen atoms in total. The van der Waals surface area contributed by atoms with E-state index in [0.29, 0.717) is 6.54 Å². The highest BCUT2D eigenvalue weighted by molar-refractivity contribution is 7.97. The smallest absolute Gasteiger partial charge is 0.251 e. The number of rotatable bonds is 7. The van der Waals surface area contributed by atoms with Gasteiger partial charge < -0.3 is 5.32 Å². The molecule has 0 atom stereocenters. The first-order valence-corrected chi connectivity index (χ1v) is 10.8. The summed E-state index contributed by atoms with van der Waals surface area (Å²) >= 11 is 1.78. The van der Waals surface area contributed by atoms with Crippen LogP contribution in [0.1, 0.15) is 46.3 Å². The van der Waals surface area contributed by atoms with Crippen LogP contribution < -0.4 is 5.32 Å². The molecule has 1 saturated heterocycles. The summed E-state index contributed by atoms with van der Waals surface area (Å²) in [6, 6.07) is 16.5. The lowest BCUT2D eigenvalue weighted by molar-refractivity contribution is 0.0951. The van der Waals surface area contributed by atoms with Crippen molar-refractivity contribution in [2.45, 2.75) is 38.1 Å². The summed E-state index contributed by atoms with van der Waals surface area (Å²) in [4.78, 5) is 14.8. The fourth-order valence-electron chi connectivity index (χ4n) is 3.34. The van der Waals surface area contributed by atoms with Gasteiger partial charge in [-0.3, -0.25) is 9.69 Å². The Hall–Kier alpha value is -1.78. The maximum atomic E-state index is 12.3. The standard InChI is InChI=1S/C22H28N2OS/c1-26-17-20-9-11-21(12-10-20)22(25)23-15-18-5-7-19(8-6-18)16-24-13-3-2-4-14-24/h5-12H,2-4,13-17H2,1H3,(H,23,25). The molecule has 1 N–H and O–H groups in total. The van der Waals surface area contributed by atoms with Crippen LogP contribution in [0.15, 0.2) is 48.5 Å². The Morgan fingerprint density at radius 1 is 0.923 bits per heavy atom. The van der Waals surface area contributed by atoms with E-state index in [0.717, 1.165) is 23.4 Å². The summed E-state index contributed by atoms with van der Waals surface area (Å²) in [6.45, 7) is 4.03. The normalized spacial score (nSPS) is 15.0. The molecular weight excluding hydrogens is 340 g/mol. The summed E-state index contributed by atoms with van der Waals surface area (Å²) in [5.74, 6) is 0.962. The molecule has 26 heavy (non-hydrogen) atoms. The lowest BCUT2D eigenvalue weighted by atomic mass is 10.1. The van der Waals surface area contributed by atoms with Crippen LogP contribution in [0.4, 0.5) is 0 Å². The molecule has 138 valence electrons. The second-order valence-corrected chi connectivity index (χ2v) is 7.83. The molecule has 4 heteroatoms. The van der Waals surface area contributed by atoms with Gasteiger partial charge in [-0.05, 0) is 61.0 Å². The number of carbonyl (C=O) groups excluding carboxylic acids is 1. The van der Waals surface area contributed by atoms with Crippen molar-refractivity contribution < 1.29 is 4.79 Å². The fourth-order valence-corrected chi connectivity index (χ4v) is 3.87. The van der Waals surface area contributed by atoms with Crippen molar-refractivity contribution in [2.24, 2.45) is 0 Å². The average molecular weight is 369 g/mol. The van der Waals surface area contributed by atoms with E-state index in [1.807, 2.05) is 24.3 Å². The lowest BCUT2D eigenvalue weighted by Gasteiger charge is -2.26. The van der Waals surface area contributed by atoms with Crippen molar-refractivity contribution >= 4 is 17.7 Å². The van der Waals surface area contributed by atoms with E-state index in [1.54, 1.807) is 11.8 Å². The van der Waals surface area contributed by atoms with Crippen LogP contribution in [0.5, 0.6) is 0 Å². The van der Waals surface area contributed by atoms with Gasteiger partial charge in [0.05, 0.1) is 0 Å². The van der Waals surface area contributed by atoms with Crippen LogP contribution in [-0.4, -0.2) is 30.2 Å². The minimum Gasteiger partial charge on any atom is -0.348 e. The van der Waals surface area contributed by atoms with Crippen molar-refractivity contribution in [3.8, 4) is 0 Å². The predicted molar refractivity (Wildman–Crippen MR) is 110 cm³/mol. The molecule has 0 radical (unpaired) electrons. The number of nitrogens with one attached hydrogen (secondary N) is 1. The van der Waals surface area contributed by atoms with E-state index in [2.05, 4.69) is 40.7 Å². The van der Waals surface area contributed by atoms with E-state index in [4.69, 9.17) is 0 Å². The molecule has 1 heterocycles. The van der Waals surface area contributed by atoms with E-state index in [1.165, 1.54) is 43.5 Å². The molecule has 1 amide bonds. The lowest BCUT2D eigenvalue weighted by Crippen LogP contribution is -2.29. The molecule has 1 aliphatic rings. The number of hydrogen-bond acceptors (Lipinski definition) is 3. The number of likely N-dealkylation sites (tertiary alicyclic amines) is 1. The first kappa shape index (κ1) is 19.0. The molecule has 0 unspecified atom stereocenters. The van der Waals surface area contributed by atoms with Crippen molar-refractivity contribution in [3.63, 3.8) is 0 Å². The van der Waals surface area contributed by atoms with Gasteiger partial charge in [0.15, 0.2) is 0 Å². The Balaban J connectivity index is 1.48. The van der Waals surface area contributed by atoms with Crippen LogP contribution in [0.25, 0.3) is 0 Å². The molecule has 0 spiro atoms. The number of piperidine rings is 1. The Morgan fingerprint density at radius 2 is 1.54 bits per heavy atom. The van der Waals surface area contributed by atoms with E-state index >= 15 is 0 Å². The van der Waals surface area contributed by atoms with Crippen molar-refractivity contribution in [2.75, 3.05) is 19.3 Å². The molecule has 0 saturated carbocycles. The highest BCUT2D eigenvalue weighted by Gasteiger charge is 2.10. The van der Waals surface area contributed by atoms with Gasteiger partial charge in [0, 0.05) is 24.4 Å². The van der Waals surface area contributed by atoms with Crippen LogP contribution >= 0.6 is 11.8 Å². The Morgan fingerprint density at radius 3 is 2.19 bits per heavy atom. The number of benzene rings is 2. The maximum absolute atomic E-state index is 12.3. The third kappa shape index (κ3) is 5.61. The number of carbonyl (C=O) groups is 1. The van der Waals surface area contributed by atoms with Crippen molar-refractivity contribution in [1.82, 2.24) is 10.2 Å². The van der Waals surface area contributed by atoms with Gasteiger partial charge in [0.25, 0.3) is 5.91 Å². The number of amides is 1. The van der Waals surface area contributed by atoms with Gasteiger partial charge in [-0.1, -0.05) is 42.8 Å². The Kier molecular flexibility index (Phi) is 7.15. The van der Waals surface area contributed by atoms with Crippen LogP contribution in [0.3, 0.4) is 0 Å². The van der Waals surface area contributed by atoms with Gasteiger partial charge in [0.2, 0.25) is 0 Å². The molecular formula is C22H28N2OS. The van der Waals surface area contributed by atoms with Crippen molar-refractivity contribution in [1.29, 1.82) is 0 Å². The first-order valence-electron chi connectivity index (χ1n) is 9.41. The highest BCUT2D eigenvalue weighted by atomic mass is 32.2. The van der Waals surface area contributed by atoms with E-state index in [-0.39, 0.29) is 5.91 Å². The molecule has 0 bridgehead atoms. The molecule has 2 aromatic carbocycles. The van der Waals surface area contributed by atoms with Crippen LogP contribution in [-0.2, 0) is 18.8 Å². The Labute approximate surface area is 161 Å². The fraction of sp³-hybridized carbons (Fsp3) is 0.409. The maximum Gasteiger partial charge on any atom is 0.251 e. The molecule has 0 aromatic heterocycles. The van der Waals surface area contributed by atoms with Crippen LogP contribution in [0, 0.1) is 0 Å². The second-order valence-electron chi connectivity index (χ2n) is 6.97. The predicted octanol–water partition coefficient (Wildman–Crippen LogP) is 4.47. The minimum atomic E-state index is -0.0157. The summed E-state index contributed by atoms with van der Waals surface area (Å²) in [5.41, 5.74) is 4.46. The van der Waals surface area contributed by atoms with Gasteiger partial charge >= 0.3 is 0 Å². The highest BCUT2D eigenvalue weighted by Crippen LogP contribution is 2.14. The summed E-state index contributed by atoms with van der Waals surface area (Å²) in [6.07, 6.45) is 6.10. The summed E-state index contributed by atoms with van der Waals surface area (Å²) < 4.78 is 0. The third-order valence-corrected chi connectivity index (χ3v) is 5.48. The summed E-state index contributed by atoms with van der Waals surface area (Å²) in [5, 5.41) is 3.01. The van der Waals surface area contributed by atoms with Gasteiger partial charge in [-0.2, -0.15) is 11.8 Å². The number of nitrogens with zero attached hydrogens (tertiary/aromatic N) is 1. The molecule has 3 rings (SSSR count). The number of hydrogen-bond donors (Lipinski definition) is 1. The number of thioether (sulfide) groups is 1. The SMILES string of the molecule is CSCc1ccc(C(=O)NCc2ccc(CN3CCCCC3)cc2)cc1. The second kappa shape index (κ2) is 9.79. The molecule has 2 aromatic rings. The van der Waals surface area contributed by atoms with Crippen molar-refractivity contribution in [3.05, 3.63) is 70.8 Å². The Bertz CT molecular complexity index is 691. The quantitative estimate of drug-likeness (QED) is 0.783. The molecule has 1 fully saturated rings. The zero-order chi connectivity index (χ0) is 18.2. The minimum absolute atomic E-state index is 0.0157. The topological polar surface area (TPSA) is 32.3 Å². The van der Waals surface area contributed by atoms with Gasteiger partial charge in [-0.15, -0.1) is 0 Å². The molecule has 0 aliphatic carbocycles. The zero-order valence-corrected chi connectivity index (χ0v) is 16.4. The van der Waals surface area contributed by atoms with E-state index < -0.39 is 0 Å². The molecule has 1 aliphatic heterocycles. The largest absolute Gasteiger partial charge is 0.348 e. The van der Waals surface area contributed by atoms with Gasteiger partial charge in [-0.25, -0.2) is 0 Å². The van der Waals surface area contributed by atoms with E-state index in [9.17, 15) is 4.79 Å². The third-order valence-electron chi connectivity index (χ3n) is 4.86. The zero-order valence-electron chi connectivity index (χ0n) is 15.5. The van der Waals surface area contributed by atoms with Gasteiger partial charge in [0.1, 0.15) is 0 Å². The monoisotopic (exact) mass is 368 g/mol. The van der Waals surface area contributed by atoms with Crippen LogP contribution in [0.2, 0.25) is 0 Å². The first-order chi connectivity index (χ1) is 12.7.